The Kier molecular flexibility index (Phi) is 5.99. The minimum absolute atomic E-state index is 0.0491. The van der Waals surface area contributed by atoms with Gasteiger partial charge < -0.3 is 10.6 Å². The molecule has 4 heterocycles. The normalized spacial score (nSPS) is 14.0. The molecule has 0 aliphatic heterocycles. The number of nitrogens with zero attached hydrogens (tertiary/aromatic N) is 6. The summed E-state index contributed by atoms with van der Waals surface area (Å²) in [5.74, 6) is 0.475. The third-order valence-electron chi connectivity index (χ3n) is 6.36. The molecule has 0 unspecified atom stereocenters. The van der Waals surface area contributed by atoms with Crippen molar-refractivity contribution in [1.29, 1.82) is 0 Å². The van der Waals surface area contributed by atoms with E-state index in [-0.39, 0.29) is 12.5 Å². The highest BCUT2D eigenvalue weighted by Gasteiger charge is 2.31. The van der Waals surface area contributed by atoms with Gasteiger partial charge in [-0.25, -0.2) is 19.9 Å². The van der Waals surface area contributed by atoms with Gasteiger partial charge in [0.1, 0.15) is 11.6 Å². The van der Waals surface area contributed by atoms with Gasteiger partial charge in [0.15, 0.2) is 5.65 Å². The van der Waals surface area contributed by atoms with Gasteiger partial charge in [0.05, 0.1) is 29.4 Å². The van der Waals surface area contributed by atoms with Gasteiger partial charge in [-0.1, -0.05) is 0 Å². The Morgan fingerprint density at radius 3 is 2.53 bits per heavy atom. The van der Waals surface area contributed by atoms with Crippen LogP contribution in [0, 0.1) is 0 Å². The predicted octanol–water partition coefficient (Wildman–Crippen LogP) is 4.31. The molecular formula is C25H22F3N7O. The van der Waals surface area contributed by atoms with Gasteiger partial charge in [-0.15, -0.1) is 0 Å². The standard InChI is InChI=1S/C25H22F3N7O/c1-14(22-30-8-3-9-31-22)35(13-17-7-6-16(12-32-17)25(26,27)28)24(36)15-10-20-18-4-2-5-19(18)21(29)34-23(20)33-11-15/h3,6-12,14H,2,4-5,13H2,1H3,(H2,29,33,34)/t14-/m1/s1. The topological polar surface area (TPSA) is 111 Å². The Balaban J connectivity index is 1.53. The van der Waals surface area contributed by atoms with Crippen molar-refractivity contribution in [3.63, 3.8) is 0 Å². The van der Waals surface area contributed by atoms with E-state index in [1.165, 1.54) is 17.2 Å². The third kappa shape index (κ3) is 4.43. The van der Waals surface area contributed by atoms with E-state index in [4.69, 9.17) is 5.73 Å². The molecule has 2 N–H and O–H groups in total. The summed E-state index contributed by atoms with van der Waals surface area (Å²) in [5, 5.41) is 0.777. The fourth-order valence-electron chi connectivity index (χ4n) is 4.47. The highest BCUT2D eigenvalue weighted by atomic mass is 19.4. The van der Waals surface area contributed by atoms with Crippen molar-refractivity contribution in [1.82, 2.24) is 29.8 Å². The number of rotatable bonds is 5. The molecule has 8 nitrogen and oxygen atoms in total. The second-order valence-electron chi connectivity index (χ2n) is 8.65. The minimum atomic E-state index is -4.50. The van der Waals surface area contributed by atoms with E-state index in [9.17, 15) is 18.0 Å². The summed E-state index contributed by atoms with van der Waals surface area (Å²) in [5.41, 5.74) is 8.36. The van der Waals surface area contributed by atoms with Crippen LogP contribution in [0.1, 0.15) is 58.0 Å². The van der Waals surface area contributed by atoms with Crippen molar-refractivity contribution in [3.05, 3.63) is 82.8 Å². The van der Waals surface area contributed by atoms with E-state index in [1.54, 1.807) is 31.5 Å². The molecule has 184 valence electrons. The molecule has 0 bridgehead atoms. The summed E-state index contributed by atoms with van der Waals surface area (Å²) in [7, 11) is 0. The zero-order chi connectivity index (χ0) is 25.4. The van der Waals surface area contributed by atoms with Crippen molar-refractivity contribution < 1.29 is 18.0 Å². The van der Waals surface area contributed by atoms with Crippen LogP contribution in [0.4, 0.5) is 19.0 Å². The first kappa shape index (κ1) is 23.6. The number of carbonyl (C=O) groups is 1. The van der Waals surface area contributed by atoms with E-state index in [0.717, 1.165) is 48.0 Å². The maximum atomic E-state index is 13.8. The van der Waals surface area contributed by atoms with Gasteiger partial charge in [0.25, 0.3) is 5.91 Å². The summed E-state index contributed by atoms with van der Waals surface area (Å²) in [6.07, 6.45) is 3.43. The molecule has 1 aliphatic carbocycles. The zero-order valence-electron chi connectivity index (χ0n) is 19.3. The lowest BCUT2D eigenvalue weighted by atomic mass is 10.0. The number of aromatic nitrogens is 5. The SMILES string of the molecule is C[C@H](c1ncccn1)N(Cc1ccc(C(F)(F)F)cn1)C(=O)c1cnc2nc(N)c3c(c2c1)CCC3. The number of carbonyl (C=O) groups excluding carboxylic acids is 1. The molecule has 5 rings (SSSR count). The van der Waals surface area contributed by atoms with Crippen molar-refractivity contribution >= 4 is 22.8 Å². The van der Waals surface area contributed by atoms with Crippen LogP contribution in [-0.2, 0) is 25.6 Å². The van der Waals surface area contributed by atoms with Gasteiger partial charge in [0, 0.05) is 30.2 Å². The highest BCUT2D eigenvalue weighted by molar-refractivity contribution is 5.98. The van der Waals surface area contributed by atoms with E-state index < -0.39 is 17.8 Å². The number of fused-ring (bicyclic) bond motifs is 3. The second kappa shape index (κ2) is 9.14. The number of alkyl halides is 3. The lowest BCUT2D eigenvalue weighted by Gasteiger charge is -2.28. The largest absolute Gasteiger partial charge is 0.417 e. The van der Waals surface area contributed by atoms with Crippen LogP contribution < -0.4 is 5.73 Å². The fraction of sp³-hybridized carbons (Fsp3) is 0.280. The van der Waals surface area contributed by atoms with Gasteiger partial charge in [0.2, 0.25) is 0 Å². The third-order valence-corrected chi connectivity index (χ3v) is 6.36. The Morgan fingerprint density at radius 2 is 1.83 bits per heavy atom. The lowest BCUT2D eigenvalue weighted by molar-refractivity contribution is -0.137. The van der Waals surface area contributed by atoms with E-state index in [0.29, 0.717) is 28.5 Å². The summed E-state index contributed by atoms with van der Waals surface area (Å²) in [4.78, 5) is 36.5. The summed E-state index contributed by atoms with van der Waals surface area (Å²) in [6.45, 7) is 1.71. The molecule has 1 aliphatic rings. The van der Waals surface area contributed by atoms with E-state index in [2.05, 4.69) is 24.9 Å². The predicted molar refractivity (Wildman–Crippen MR) is 126 cm³/mol. The Labute approximate surface area is 204 Å². The van der Waals surface area contributed by atoms with Crippen LogP contribution in [0.5, 0.6) is 0 Å². The summed E-state index contributed by atoms with van der Waals surface area (Å²) < 4.78 is 39.0. The molecule has 4 aromatic rings. The summed E-state index contributed by atoms with van der Waals surface area (Å²) in [6, 6.07) is 5.04. The van der Waals surface area contributed by atoms with Crippen molar-refractivity contribution in [3.8, 4) is 0 Å². The lowest BCUT2D eigenvalue weighted by Crippen LogP contribution is -2.34. The Hall–Kier alpha value is -4.15. The molecule has 0 fully saturated rings. The Bertz CT molecular complexity index is 1430. The van der Waals surface area contributed by atoms with E-state index >= 15 is 0 Å². The number of amides is 1. The minimum Gasteiger partial charge on any atom is -0.383 e. The Morgan fingerprint density at radius 1 is 1.08 bits per heavy atom. The smallest absolute Gasteiger partial charge is 0.383 e. The zero-order valence-corrected chi connectivity index (χ0v) is 19.3. The van der Waals surface area contributed by atoms with Gasteiger partial charge in [-0.2, -0.15) is 13.2 Å². The second-order valence-corrected chi connectivity index (χ2v) is 8.65. The number of halogens is 3. The molecule has 0 saturated heterocycles. The van der Waals surface area contributed by atoms with Gasteiger partial charge >= 0.3 is 6.18 Å². The molecule has 0 radical (unpaired) electrons. The molecule has 11 heteroatoms. The average molecular weight is 493 g/mol. The number of hydrogen-bond acceptors (Lipinski definition) is 7. The molecule has 0 aromatic carbocycles. The number of aryl methyl sites for hydroxylation is 1. The summed E-state index contributed by atoms with van der Waals surface area (Å²) >= 11 is 0. The maximum absolute atomic E-state index is 13.8. The first-order chi connectivity index (χ1) is 17.2. The van der Waals surface area contributed by atoms with Crippen LogP contribution in [-0.4, -0.2) is 35.7 Å². The molecule has 36 heavy (non-hydrogen) atoms. The van der Waals surface area contributed by atoms with Crippen molar-refractivity contribution in [2.75, 3.05) is 5.73 Å². The van der Waals surface area contributed by atoms with Gasteiger partial charge in [-0.05, 0) is 61.6 Å². The van der Waals surface area contributed by atoms with Crippen LogP contribution in [0.3, 0.4) is 0 Å². The fourth-order valence-corrected chi connectivity index (χ4v) is 4.47. The number of nitrogens with two attached hydrogens (primary N) is 1. The first-order valence-corrected chi connectivity index (χ1v) is 11.4. The quantitative estimate of drug-likeness (QED) is 0.441. The number of pyridine rings is 3. The molecule has 0 saturated carbocycles. The van der Waals surface area contributed by atoms with E-state index in [1.807, 2.05) is 0 Å². The van der Waals surface area contributed by atoms with Gasteiger partial charge in [-0.3, -0.25) is 9.78 Å². The van der Waals surface area contributed by atoms with Crippen LogP contribution in [0.15, 0.2) is 49.1 Å². The van der Waals surface area contributed by atoms with Crippen molar-refractivity contribution in [2.24, 2.45) is 0 Å². The van der Waals surface area contributed by atoms with Crippen LogP contribution >= 0.6 is 0 Å². The average Bonchev–Trinajstić information content (AvgIpc) is 3.38. The number of hydrogen-bond donors (Lipinski definition) is 1. The van der Waals surface area contributed by atoms with Crippen LogP contribution in [0.25, 0.3) is 11.0 Å². The molecular weight excluding hydrogens is 471 g/mol. The molecule has 4 aromatic heterocycles. The van der Waals surface area contributed by atoms with Crippen LogP contribution in [0.2, 0.25) is 0 Å². The number of anilines is 1. The van der Waals surface area contributed by atoms with Crippen molar-refractivity contribution in [2.45, 2.75) is 44.9 Å². The maximum Gasteiger partial charge on any atom is 0.417 e. The number of nitrogen functional groups attached to an aromatic ring is 1. The molecule has 0 spiro atoms. The first-order valence-electron chi connectivity index (χ1n) is 11.4. The molecule has 1 atom stereocenters. The highest BCUT2D eigenvalue weighted by Crippen LogP contribution is 2.33. The molecule has 1 amide bonds. The monoisotopic (exact) mass is 493 g/mol.